The van der Waals surface area contributed by atoms with Crippen LogP contribution in [0.25, 0.3) is 0 Å². The SMILES string of the molecule is C[C@@H](OC(=O)CS[C@@H]1CCS(=O)(=O)C1)C(=O)Nc1ccc(F)cc1. The van der Waals surface area contributed by atoms with Gasteiger partial charge in [0, 0.05) is 10.9 Å². The van der Waals surface area contributed by atoms with Crippen LogP contribution in [0.5, 0.6) is 0 Å². The molecule has 2 rings (SSSR count). The van der Waals surface area contributed by atoms with Crippen LogP contribution < -0.4 is 5.32 Å². The molecule has 0 aromatic heterocycles. The number of nitrogens with one attached hydrogen (secondary N) is 1. The molecule has 1 aromatic carbocycles. The fourth-order valence-corrected chi connectivity index (χ4v) is 5.56. The zero-order valence-corrected chi connectivity index (χ0v) is 14.7. The Morgan fingerprint density at radius 2 is 2.04 bits per heavy atom. The van der Waals surface area contributed by atoms with Crippen molar-refractivity contribution >= 4 is 39.2 Å². The van der Waals surface area contributed by atoms with E-state index in [1.807, 2.05) is 0 Å². The maximum atomic E-state index is 12.8. The molecule has 24 heavy (non-hydrogen) atoms. The number of esters is 1. The molecule has 0 unspecified atom stereocenters. The smallest absolute Gasteiger partial charge is 0.316 e. The van der Waals surface area contributed by atoms with E-state index in [0.29, 0.717) is 12.1 Å². The van der Waals surface area contributed by atoms with E-state index in [9.17, 15) is 22.4 Å². The van der Waals surface area contributed by atoms with Gasteiger partial charge in [-0.25, -0.2) is 12.8 Å². The fraction of sp³-hybridized carbons (Fsp3) is 0.467. The van der Waals surface area contributed by atoms with Crippen LogP contribution in [0.2, 0.25) is 0 Å². The van der Waals surface area contributed by atoms with Crippen molar-refractivity contribution in [3.05, 3.63) is 30.1 Å². The van der Waals surface area contributed by atoms with Crippen LogP contribution in [0.4, 0.5) is 10.1 Å². The third-order valence-corrected chi connectivity index (χ3v) is 6.67. The molecule has 1 aliphatic rings. The molecule has 0 radical (unpaired) electrons. The van der Waals surface area contributed by atoms with Gasteiger partial charge in [0.15, 0.2) is 15.9 Å². The van der Waals surface area contributed by atoms with Crippen LogP contribution in [0, 0.1) is 5.82 Å². The number of anilines is 1. The lowest BCUT2D eigenvalue weighted by Gasteiger charge is -2.14. The van der Waals surface area contributed by atoms with Gasteiger partial charge >= 0.3 is 5.97 Å². The van der Waals surface area contributed by atoms with Gasteiger partial charge in [0.05, 0.1) is 17.3 Å². The highest BCUT2D eigenvalue weighted by molar-refractivity contribution is 8.02. The summed E-state index contributed by atoms with van der Waals surface area (Å²) in [6.07, 6.45) is -0.476. The lowest BCUT2D eigenvalue weighted by molar-refractivity contribution is -0.150. The molecule has 6 nitrogen and oxygen atoms in total. The van der Waals surface area contributed by atoms with Gasteiger partial charge in [0.25, 0.3) is 5.91 Å². The van der Waals surface area contributed by atoms with Crippen molar-refractivity contribution in [1.29, 1.82) is 0 Å². The summed E-state index contributed by atoms with van der Waals surface area (Å²) in [7, 11) is -2.98. The molecule has 9 heteroatoms. The van der Waals surface area contributed by atoms with E-state index >= 15 is 0 Å². The number of amides is 1. The van der Waals surface area contributed by atoms with Gasteiger partial charge in [0.1, 0.15) is 5.82 Å². The molecule has 1 amide bonds. The van der Waals surface area contributed by atoms with E-state index in [4.69, 9.17) is 4.74 Å². The number of thioether (sulfide) groups is 1. The Bertz CT molecular complexity index is 705. The maximum absolute atomic E-state index is 12.8. The molecule has 0 bridgehead atoms. The monoisotopic (exact) mass is 375 g/mol. The van der Waals surface area contributed by atoms with E-state index in [2.05, 4.69) is 5.32 Å². The van der Waals surface area contributed by atoms with Gasteiger partial charge in [-0.15, -0.1) is 11.8 Å². The Morgan fingerprint density at radius 3 is 2.62 bits per heavy atom. The van der Waals surface area contributed by atoms with Gasteiger partial charge < -0.3 is 10.1 Å². The van der Waals surface area contributed by atoms with Gasteiger partial charge in [-0.1, -0.05) is 0 Å². The number of halogens is 1. The first kappa shape index (κ1) is 18.7. The zero-order chi connectivity index (χ0) is 17.7. The van der Waals surface area contributed by atoms with Crippen LogP contribution in [0.3, 0.4) is 0 Å². The van der Waals surface area contributed by atoms with Gasteiger partial charge in [-0.3, -0.25) is 9.59 Å². The summed E-state index contributed by atoms with van der Waals surface area (Å²) in [5, 5.41) is 2.41. The molecule has 0 aliphatic carbocycles. The molecule has 0 spiro atoms. The minimum Gasteiger partial charge on any atom is -0.452 e. The molecule has 1 aromatic rings. The lowest BCUT2D eigenvalue weighted by Crippen LogP contribution is -2.30. The average molecular weight is 375 g/mol. The van der Waals surface area contributed by atoms with Crippen molar-refractivity contribution in [1.82, 2.24) is 0 Å². The number of hydrogen-bond donors (Lipinski definition) is 1. The van der Waals surface area contributed by atoms with Crippen LogP contribution in [0.15, 0.2) is 24.3 Å². The summed E-state index contributed by atoms with van der Waals surface area (Å²) in [6, 6.07) is 5.22. The summed E-state index contributed by atoms with van der Waals surface area (Å²) < 4.78 is 40.5. The summed E-state index contributed by atoms with van der Waals surface area (Å²) in [5.74, 6) is -1.30. The Morgan fingerprint density at radius 1 is 1.38 bits per heavy atom. The molecule has 0 saturated carbocycles. The van der Waals surface area contributed by atoms with Gasteiger partial charge in [0.2, 0.25) is 0 Å². The van der Waals surface area contributed by atoms with Crippen molar-refractivity contribution in [3.8, 4) is 0 Å². The molecule has 1 aliphatic heterocycles. The summed E-state index contributed by atoms with van der Waals surface area (Å²) in [5.41, 5.74) is 0.398. The predicted octanol–water partition coefficient (Wildman–Crippen LogP) is 1.62. The number of ether oxygens (including phenoxy) is 1. The van der Waals surface area contributed by atoms with Gasteiger partial charge in [-0.05, 0) is 37.6 Å². The topological polar surface area (TPSA) is 89.5 Å². The third kappa shape index (κ3) is 5.79. The summed E-state index contributed by atoms with van der Waals surface area (Å²) >= 11 is 1.23. The second-order valence-electron chi connectivity index (χ2n) is 5.46. The van der Waals surface area contributed by atoms with E-state index in [1.54, 1.807) is 0 Å². The molecule has 1 heterocycles. The standard InChI is InChI=1S/C15H18FNO5S2/c1-10(15(19)17-12-4-2-11(16)3-5-12)22-14(18)8-23-13-6-7-24(20,21)9-13/h2-5,10,13H,6-9H2,1H3,(H,17,19)/t10-,13-/m1/s1. The average Bonchev–Trinajstić information content (AvgIpc) is 2.86. The van der Waals surface area contributed by atoms with Crippen molar-refractivity contribution in [2.45, 2.75) is 24.7 Å². The van der Waals surface area contributed by atoms with Crippen LogP contribution in [-0.4, -0.2) is 48.9 Å². The lowest BCUT2D eigenvalue weighted by atomic mass is 10.3. The minimum atomic E-state index is -2.98. The molecule has 1 saturated heterocycles. The quantitative estimate of drug-likeness (QED) is 0.760. The third-order valence-electron chi connectivity index (χ3n) is 3.42. The Labute approximate surface area is 144 Å². The summed E-state index contributed by atoms with van der Waals surface area (Å²) in [6.45, 7) is 1.43. The summed E-state index contributed by atoms with van der Waals surface area (Å²) in [4.78, 5) is 23.7. The van der Waals surface area contributed by atoms with Crippen molar-refractivity contribution < 1.29 is 27.1 Å². The first-order chi connectivity index (χ1) is 11.2. The fourth-order valence-electron chi connectivity index (χ4n) is 2.14. The zero-order valence-electron chi connectivity index (χ0n) is 13.0. The number of rotatable bonds is 6. The Balaban J connectivity index is 1.74. The highest BCUT2D eigenvalue weighted by Gasteiger charge is 2.29. The second-order valence-corrected chi connectivity index (χ2v) is 8.98. The highest BCUT2D eigenvalue weighted by atomic mass is 32.2. The Hall–Kier alpha value is -1.61. The van der Waals surface area contributed by atoms with Crippen molar-refractivity contribution in [2.75, 3.05) is 22.6 Å². The van der Waals surface area contributed by atoms with Crippen molar-refractivity contribution in [2.24, 2.45) is 0 Å². The van der Waals surface area contributed by atoms with Crippen LogP contribution in [0.1, 0.15) is 13.3 Å². The number of benzene rings is 1. The first-order valence-electron chi connectivity index (χ1n) is 7.33. The number of hydrogen-bond acceptors (Lipinski definition) is 6. The number of carbonyl (C=O) groups is 2. The predicted molar refractivity (Wildman–Crippen MR) is 90.1 cm³/mol. The van der Waals surface area contributed by atoms with Crippen LogP contribution >= 0.6 is 11.8 Å². The largest absolute Gasteiger partial charge is 0.452 e. The van der Waals surface area contributed by atoms with E-state index in [0.717, 1.165) is 0 Å². The van der Waals surface area contributed by atoms with Crippen molar-refractivity contribution in [3.63, 3.8) is 0 Å². The molecular weight excluding hydrogens is 357 g/mol. The molecule has 2 atom stereocenters. The normalized spacial score (nSPS) is 20.3. The van der Waals surface area contributed by atoms with E-state index in [-0.39, 0.29) is 22.5 Å². The Kier molecular flexibility index (Phi) is 6.22. The maximum Gasteiger partial charge on any atom is 0.316 e. The first-order valence-corrected chi connectivity index (χ1v) is 10.2. The van der Waals surface area contributed by atoms with E-state index < -0.39 is 33.6 Å². The van der Waals surface area contributed by atoms with Crippen LogP contribution in [-0.2, 0) is 24.2 Å². The molecule has 132 valence electrons. The molecule has 1 fully saturated rings. The molecule has 1 N–H and O–H groups in total. The number of carbonyl (C=O) groups excluding carboxylic acids is 2. The van der Waals surface area contributed by atoms with E-state index in [1.165, 1.54) is 43.0 Å². The second kappa shape index (κ2) is 7.98. The molecular formula is C15H18FNO5S2. The highest BCUT2D eigenvalue weighted by Crippen LogP contribution is 2.24. The number of sulfone groups is 1. The van der Waals surface area contributed by atoms with Gasteiger partial charge in [-0.2, -0.15) is 0 Å². The minimum absolute atomic E-state index is 0.00560.